The number of hydrogen-bond donors (Lipinski definition) is 0. The maximum Gasteiger partial charge on any atom is 0.427 e. The van der Waals surface area contributed by atoms with Gasteiger partial charge in [0.05, 0.1) is 55.1 Å². The van der Waals surface area contributed by atoms with Crippen LogP contribution in [0.15, 0.2) is 113 Å². The molecule has 0 unspecified atom stereocenters. The molecule has 21 nitrogen and oxygen atoms in total. The molecule has 0 spiro atoms. The summed E-state index contributed by atoms with van der Waals surface area (Å²) >= 11 is 0. The Hall–Kier alpha value is -7.67. The van der Waals surface area contributed by atoms with Gasteiger partial charge in [-0.05, 0) is 150 Å². The number of rotatable bonds is 18. The van der Waals surface area contributed by atoms with Crippen LogP contribution in [0.3, 0.4) is 0 Å². The highest BCUT2D eigenvalue weighted by Crippen LogP contribution is 2.45. The number of imidazole rings is 1. The first-order chi connectivity index (χ1) is 38.2. The van der Waals surface area contributed by atoms with Crippen molar-refractivity contribution in [2.45, 2.75) is 134 Å². The first-order valence-corrected chi connectivity index (χ1v) is 33.1. The molecule has 2 aromatic heterocycles. The van der Waals surface area contributed by atoms with Crippen molar-refractivity contribution in [3.8, 4) is 39.8 Å². The van der Waals surface area contributed by atoms with Crippen LogP contribution in [0.25, 0.3) is 33.5 Å². The van der Waals surface area contributed by atoms with Crippen molar-refractivity contribution in [2.24, 2.45) is 0 Å². The second-order valence-corrected chi connectivity index (χ2v) is 33.2. The number of ether oxygens (including phenoxy) is 6. The molecular formula is C58H72N8O13S2Si. The van der Waals surface area contributed by atoms with Gasteiger partial charge in [-0.3, -0.25) is 0 Å². The second-order valence-electron chi connectivity index (χ2n) is 23.6. The number of sulfonamides is 1. The van der Waals surface area contributed by atoms with Crippen LogP contribution in [0.1, 0.15) is 79.0 Å². The van der Waals surface area contributed by atoms with Gasteiger partial charge in [-0.2, -0.15) is 4.31 Å². The van der Waals surface area contributed by atoms with Crippen LogP contribution in [0.5, 0.6) is 17.2 Å². The van der Waals surface area contributed by atoms with E-state index in [1.54, 1.807) is 147 Å². The average Bonchev–Trinajstić information content (AvgIpc) is 4.14. The monoisotopic (exact) mass is 1180 g/mol. The van der Waals surface area contributed by atoms with E-state index in [2.05, 4.69) is 15.5 Å². The summed E-state index contributed by atoms with van der Waals surface area (Å²) < 4.78 is 101. The van der Waals surface area contributed by atoms with Gasteiger partial charge in [0.1, 0.15) is 38.9 Å². The van der Waals surface area contributed by atoms with E-state index in [4.69, 9.17) is 33.4 Å². The Morgan fingerprint density at radius 2 is 1.10 bits per heavy atom. The van der Waals surface area contributed by atoms with Gasteiger partial charge in [0.15, 0.2) is 15.7 Å². The highest BCUT2D eigenvalue weighted by atomic mass is 32.2. The fourth-order valence-corrected chi connectivity index (χ4v) is 15.3. The van der Waals surface area contributed by atoms with Crippen LogP contribution < -0.4 is 19.1 Å². The third-order valence-corrected chi connectivity index (χ3v) is 18.2. The van der Waals surface area contributed by atoms with E-state index in [1.807, 2.05) is 19.6 Å². The van der Waals surface area contributed by atoms with Gasteiger partial charge in [0, 0.05) is 26.7 Å². The van der Waals surface area contributed by atoms with E-state index in [0.717, 1.165) is 4.57 Å². The van der Waals surface area contributed by atoms with Gasteiger partial charge in [-0.25, -0.2) is 45.5 Å². The van der Waals surface area contributed by atoms with Gasteiger partial charge in [-0.15, -0.1) is 10.00 Å². The Bertz CT molecular complexity index is 3610. The minimum Gasteiger partial charge on any atom is -0.497 e. The molecule has 7 rings (SSSR count). The first kappa shape index (κ1) is 61.9. The number of aromatic nitrogens is 6. The molecule has 0 saturated heterocycles. The summed E-state index contributed by atoms with van der Waals surface area (Å²) in [4.78, 5) is 47.8. The van der Waals surface area contributed by atoms with E-state index >= 15 is 16.8 Å². The molecule has 438 valence electrons. The lowest BCUT2D eigenvalue weighted by Crippen LogP contribution is -2.45. The van der Waals surface area contributed by atoms with Crippen molar-refractivity contribution in [3.05, 3.63) is 120 Å². The molecule has 0 radical (unpaired) electrons. The lowest BCUT2D eigenvalue weighted by Gasteiger charge is -2.28. The van der Waals surface area contributed by atoms with E-state index < -0.39 is 84.5 Å². The number of tetrazole rings is 1. The molecule has 0 aliphatic rings. The molecule has 0 aliphatic heterocycles. The lowest BCUT2D eigenvalue weighted by atomic mass is 9.97. The molecule has 24 heteroatoms. The largest absolute Gasteiger partial charge is 0.497 e. The predicted molar refractivity (Wildman–Crippen MR) is 313 cm³/mol. The number of carbonyl (C=O) groups is 3. The average molecular weight is 1180 g/mol. The maximum atomic E-state index is 16.6. The van der Waals surface area contributed by atoms with Crippen LogP contribution in [-0.2, 0) is 53.7 Å². The number of methoxy groups -OCH3 is 3. The molecule has 2 amide bonds. The van der Waals surface area contributed by atoms with Crippen LogP contribution in [0.2, 0.25) is 25.7 Å². The Morgan fingerprint density at radius 1 is 0.610 bits per heavy atom. The number of para-hydroxylation sites is 1. The minimum atomic E-state index is -5.10. The standard InChI is InChI=1S/C58H72N8O13S2Si/c1-56(2,3)77-53(67)65-46-18-16-17-45(49(46)59-52(65)66(54(68)78-57(4,5)6)55(69)79-58(7,8)9)44-31-32-47(80(70,71)33-34-82(13,14)15)50(48(44)51-60-61-62-64(51)37-40-23-29-43(76-12)30-24-40)81(72,73)63(35-38-19-25-41(74-10)26-20-38)36-39-21-27-42(75-11)28-22-39/h16-32H,33-37H2,1-15H3. The van der Waals surface area contributed by atoms with Crippen LogP contribution in [0.4, 0.5) is 20.3 Å². The SMILES string of the molecule is COc1ccc(CN(Cc2ccc(OC)cc2)S(=O)(=O)c2c(S(=O)(=O)CC[Si](C)(C)C)ccc(-c3cccc4c3nc(N(C(=O)OC(C)(C)C)C(=O)OC(C)(C)C)n4C(=O)OC(C)(C)C)c2-c2nnnn2Cc2ccc(OC)cc2)cc1. The number of anilines is 1. The van der Waals surface area contributed by atoms with Gasteiger partial charge >= 0.3 is 18.3 Å². The Morgan fingerprint density at radius 3 is 1.56 bits per heavy atom. The number of hydrogen-bond acceptors (Lipinski definition) is 17. The van der Waals surface area contributed by atoms with Crippen molar-refractivity contribution in [2.75, 3.05) is 32.0 Å². The molecule has 0 fully saturated rings. The van der Waals surface area contributed by atoms with Crippen molar-refractivity contribution < 1.29 is 59.6 Å². The van der Waals surface area contributed by atoms with Crippen molar-refractivity contribution in [3.63, 3.8) is 0 Å². The number of imide groups is 1. The molecular weight excluding hydrogens is 1110 g/mol. The molecule has 0 bridgehead atoms. The van der Waals surface area contributed by atoms with Crippen molar-refractivity contribution in [1.29, 1.82) is 0 Å². The van der Waals surface area contributed by atoms with Gasteiger partial charge in [0.25, 0.3) is 0 Å². The quantitative estimate of drug-likeness (QED) is 0.0573. The minimum absolute atomic E-state index is 0.0226. The summed E-state index contributed by atoms with van der Waals surface area (Å²) in [5.74, 6) is 0.436. The smallest absolute Gasteiger partial charge is 0.427 e. The predicted octanol–water partition coefficient (Wildman–Crippen LogP) is 11.4. The first-order valence-electron chi connectivity index (χ1n) is 26.3. The molecule has 0 N–H and O–H groups in total. The number of sulfone groups is 1. The van der Waals surface area contributed by atoms with Gasteiger partial charge < -0.3 is 28.4 Å². The molecule has 2 heterocycles. The zero-order valence-electron chi connectivity index (χ0n) is 49.1. The Kier molecular flexibility index (Phi) is 18.2. The van der Waals surface area contributed by atoms with Crippen LogP contribution in [0, 0.1) is 0 Å². The third kappa shape index (κ3) is 14.9. The van der Waals surface area contributed by atoms with Crippen molar-refractivity contribution in [1.82, 2.24) is 34.1 Å². The number of fused-ring (bicyclic) bond motifs is 1. The molecule has 0 saturated carbocycles. The summed E-state index contributed by atoms with van der Waals surface area (Å²) in [5.41, 5.74) is -2.01. The van der Waals surface area contributed by atoms with E-state index in [9.17, 15) is 14.4 Å². The van der Waals surface area contributed by atoms with E-state index in [0.29, 0.717) is 38.8 Å². The maximum absolute atomic E-state index is 16.6. The second kappa shape index (κ2) is 24.0. The zero-order chi connectivity index (χ0) is 60.3. The van der Waals surface area contributed by atoms with E-state index in [1.165, 1.54) is 48.5 Å². The van der Waals surface area contributed by atoms with Gasteiger partial charge in [0.2, 0.25) is 16.0 Å². The molecule has 7 aromatic rings. The highest BCUT2D eigenvalue weighted by Gasteiger charge is 2.42. The summed E-state index contributed by atoms with van der Waals surface area (Å²) in [6.07, 6.45) is -3.57. The fourth-order valence-electron chi connectivity index (χ4n) is 8.47. The Labute approximate surface area is 480 Å². The highest BCUT2D eigenvalue weighted by molar-refractivity contribution is 7.93. The van der Waals surface area contributed by atoms with Crippen LogP contribution in [-0.4, -0.2) is 121 Å². The van der Waals surface area contributed by atoms with Gasteiger partial charge in [-0.1, -0.05) is 74.2 Å². The number of amides is 2. The Balaban J connectivity index is 1.65. The normalized spacial score (nSPS) is 12.5. The summed E-state index contributed by atoms with van der Waals surface area (Å²) in [7, 11) is -7.19. The molecule has 0 aliphatic carbocycles. The third-order valence-electron chi connectivity index (χ3n) is 12.3. The molecule has 5 aromatic carbocycles. The molecule has 0 atom stereocenters. The number of nitrogens with zero attached hydrogens (tertiary/aromatic N) is 8. The number of carbonyl (C=O) groups excluding carboxylic acids is 3. The lowest BCUT2D eigenvalue weighted by molar-refractivity contribution is 0.0423. The number of benzene rings is 5. The summed E-state index contributed by atoms with van der Waals surface area (Å²) in [5, 5.41) is 13.0. The van der Waals surface area contributed by atoms with Crippen LogP contribution >= 0.6 is 0 Å². The zero-order valence-corrected chi connectivity index (χ0v) is 51.7. The topological polar surface area (TPSA) is 243 Å². The molecule has 82 heavy (non-hydrogen) atoms. The summed E-state index contributed by atoms with van der Waals surface area (Å²) in [6.45, 7) is 19.9. The van der Waals surface area contributed by atoms with E-state index in [-0.39, 0.29) is 59.2 Å². The summed E-state index contributed by atoms with van der Waals surface area (Å²) in [6, 6.07) is 28.2. The fraction of sp³-hybridized carbons (Fsp3) is 0.397. The van der Waals surface area contributed by atoms with Crippen molar-refractivity contribution >= 4 is 63.2 Å².